The lowest BCUT2D eigenvalue weighted by molar-refractivity contribution is -0.153. The van der Waals surface area contributed by atoms with E-state index in [1.807, 2.05) is 31.3 Å². The number of ether oxygens (including phenoxy) is 1. The van der Waals surface area contributed by atoms with Crippen LogP contribution in [0.5, 0.6) is 5.19 Å². The minimum absolute atomic E-state index is 0.128. The van der Waals surface area contributed by atoms with Gasteiger partial charge in [0.2, 0.25) is 0 Å². The van der Waals surface area contributed by atoms with E-state index in [2.05, 4.69) is 15.0 Å². The molecule has 0 N–H and O–H groups in total. The summed E-state index contributed by atoms with van der Waals surface area (Å²) < 4.78 is 43.8. The molecule has 0 unspecified atom stereocenters. The zero-order valence-corrected chi connectivity index (χ0v) is 21.9. The summed E-state index contributed by atoms with van der Waals surface area (Å²) in [5.41, 5.74) is 3.47. The molecular weight excluding hydrogens is 501 g/mol. The fraction of sp³-hybridized carbons (Fsp3) is 0.593. The molecule has 37 heavy (non-hydrogen) atoms. The second kappa shape index (κ2) is 11.1. The number of carbonyl (C=O) groups excluding carboxylic acids is 1. The maximum Gasteiger partial charge on any atom is 0.422 e. The largest absolute Gasteiger partial charge is 0.460 e. The summed E-state index contributed by atoms with van der Waals surface area (Å²) in [6.45, 7) is 3.46. The first-order valence-electron chi connectivity index (χ1n) is 13.1. The van der Waals surface area contributed by atoms with E-state index in [-0.39, 0.29) is 11.0 Å². The lowest BCUT2D eigenvalue weighted by atomic mass is 9.78. The zero-order chi connectivity index (χ0) is 26.0. The molecule has 0 amide bonds. The highest BCUT2D eigenvalue weighted by Gasteiger charge is 2.30. The number of Topliss-reactive ketones (excluding diaryl/α,β-unsaturated/α-hetero) is 1. The van der Waals surface area contributed by atoms with Gasteiger partial charge in [-0.25, -0.2) is 9.50 Å². The lowest BCUT2D eigenvalue weighted by Gasteiger charge is -2.30. The van der Waals surface area contributed by atoms with E-state index in [0.29, 0.717) is 18.3 Å². The van der Waals surface area contributed by atoms with Crippen LogP contribution in [0.4, 0.5) is 13.2 Å². The summed E-state index contributed by atoms with van der Waals surface area (Å²) in [4.78, 5) is 20.9. The normalized spacial score (nSPS) is 21.1. The van der Waals surface area contributed by atoms with Crippen LogP contribution in [0, 0.1) is 18.8 Å². The van der Waals surface area contributed by atoms with Crippen LogP contribution in [0.2, 0.25) is 0 Å². The van der Waals surface area contributed by atoms with Gasteiger partial charge in [-0.05, 0) is 69.2 Å². The lowest BCUT2D eigenvalue weighted by Crippen LogP contribution is -2.30. The summed E-state index contributed by atoms with van der Waals surface area (Å²) >= 11 is 1.25. The zero-order valence-electron chi connectivity index (χ0n) is 21.1. The highest BCUT2D eigenvalue weighted by Crippen LogP contribution is 2.34. The second-order valence-corrected chi connectivity index (χ2v) is 11.5. The summed E-state index contributed by atoms with van der Waals surface area (Å²) in [6, 6.07) is 5.78. The minimum Gasteiger partial charge on any atom is -0.460 e. The minimum atomic E-state index is -4.34. The van der Waals surface area contributed by atoms with Crippen LogP contribution >= 0.6 is 11.3 Å². The second-order valence-electron chi connectivity index (χ2n) is 10.4. The molecular formula is C27H33F3N4O2S. The van der Waals surface area contributed by atoms with E-state index in [4.69, 9.17) is 4.74 Å². The standard InChI is InChI=1S/C27H33F3N4O2S/c1-18-15-23-21(3-2-11-34(23)32-18)24(35)16-20-6-4-19(5-7-20)8-12-33-13-9-22-25(10-14-33)37-26(31-22)36-17-27(28,29)30/h2-3,11,15,19-20H,4-10,12-14,16-17H2,1H3. The number of pyridine rings is 1. The van der Waals surface area contributed by atoms with Gasteiger partial charge >= 0.3 is 6.18 Å². The number of nitrogens with zero attached hydrogens (tertiary/aromatic N) is 4. The van der Waals surface area contributed by atoms with Gasteiger partial charge in [-0.15, -0.1) is 0 Å². The van der Waals surface area contributed by atoms with E-state index in [1.54, 1.807) is 4.52 Å². The van der Waals surface area contributed by atoms with Crippen molar-refractivity contribution in [2.24, 2.45) is 11.8 Å². The number of aryl methyl sites for hydroxylation is 1. The summed E-state index contributed by atoms with van der Waals surface area (Å²) in [6.07, 6.45) is 5.37. The van der Waals surface area contributed by atoms with Crippen molar-refractivity contribution in [2.75, 3.05) is 26.2 Å². The molecule has 1 aliphatic carbocycles. The number of carbonyl (C=O) groups is 1. The van der Waals surface area contributed by atoms with Crippen molar-refractivity contribution in [3.05, 3.63) is 46.2 Å². The Labute approximate surface area is 218 Å². The Morgan fingerprint density at radius 2 is 1.92 bits per heavy atom. The number of aromatic nitrogens is 3. The summed E-state index contributed by atoms with van der Waals surface area (Å²) in [5, 5.41) is 4.55. The van der Waals surface area contributed by atoms with Gasteiger partial charge in [0.1, 0.15) is 0 Å². The summed E-state index contributed by atoms with van der Waals surface area (Å²) in [7, 11) is 0. The van der Waals surface area contributed by atoms with Gasteiger partial charge in [0, 0.05) is 42.6 Å². The highest BCUT2D eigenvalue weighted by molar-refractivity contribution is 7.13. The molecule has 3 aromatic heterocycles. The van der Waals surface area contributed by atoms with Gasteiger partial charge in [0.15, 0.2) is 12.4 Å². The molecule has 0 saturated heterocycles. The predicted molar refractivity (Wildman–Crippen MR) is 136 cm³/mol. The van der Waals surface area contributed by atoms with Crippen LogP contribution in [0.1, 0.15) is 65.1 Å². The Balaban J connectivity index is 1.04. The average molecular weight is 535 g/mol. The van der Waals surface area contributed by atoms with Crippen LogP contribution in [0.3, 0.4) is 0 Å². The Kier molecular flexibility index (Phi) is 7.85. The Bertz CT molecular complexity index is 1200. The number of halogens is 3. The number of fused-ring (bicyclic) bond motifs is 2. The van der Waals surface area contributed by atoms with Crippen LogP contribution in [-0.2, 0) is 12.8 Å². The first kappa shape index (κ1) is 26.2. The Morgan fingerprint density at radius 3 is 2.70 bits per heavy atom. The van der Waals surface area contributed by atoms with Crippen LogP contribution < -0.4 is 4.74 Å². The molecule has 0 atom stereocenters. The van der Waals surface area contributed by atoms with Crippen molar-refractivity contribution in [1.82, 2.24) is 19.5 Å². The quantitative estimate of drug-likeness (QED) is 0.336. The van der Waals surface area contributed by atoms with Crippen molar-refractivity contribution in [1.29, 1.82) is 0 Å². The molecule has 0 bridgehead atoms. The van der Waals surface area contributed by atoms with E-state index < -0.39 is 12.8 Å². The first-order valence-corrected chi connectivity index (χ1v) is 13.9. The van der Waals surface area contributed by atoms with Crippen molar-refractivity contribution < 1.29 is 22.7 Å². The molecule has 2 aliphatic rings. The number of thiazole rings is 1. The molecule has 3 aromatic rings. The van der Waals surface area contributed by atoms with Gasteiger partial charge in [-0.2, -0.15) is 18.3 Å². The Hall–Kier alpha value is -2.46. The molecule has 0 aromatic carbocycles. The Morgan fingerprint density at radius 1 is 1.16 bits per heavy atom. The fourth-order valence-corrected chi connectivity index (χ4v) is 6.59. The molecule has 0 radical (unpaired) electrons. The molecule has 5 rings (SSSR count). The van der Waals surface area contributed by atoms with Gasteiger partial charge in [-0.3, -0.25) is 4.79 Å². The molecule has 200 valence electrons. The molecule has 1 fully saturated rings. The number of alkyl halides is 3. The SMILES string of the molecule is Cc1cc2c(C(=O)CC3CCC(CCN4CCc5nc(OCC(F)(F)F)sc5CC4)CC3)cccn2n1. The smallest absolute Gasteiger partial charge is 0.422 e. The van der Waals surface area contributed by atoms with E-state index in [0.717, 1.165) is 91.9 Å². The maximum atomic E-state index is 13.0. The van der Waals surface area contributed by atoms with Gasteiger partial charge in [-0.1, -0.05) is 24.2 Å². The monoisotopic (exact) mass is 534 g/mol. The molecule has 0 spiro atoms. The van der Waals surface area contributed by atoms with Gasteiger partial charge in [0.25, 0.3) is 5.19 Å². The molecule has 6 nitrogen and oxygen atoms in total. The van der Waals surface area contributed by atoms with Crippen molar-refractivity contribution in [3.8, 4) is 5.19 Å². The third kappa shape index (κ3) is 6.71. The first-order chi connectivity index (χ1) is 17.7. The summed E-state index contributed by atoms with van der Waals surface area (Å²) in [5.74, 6) is 1.35. The van der Waals surface area contributed by atoms with E-state index >= 15 is 0 Å². The van der Waals surface area contributed by atoms with Crippen LogP contribution in [0.25, 0.3) is 5.52 Å². The van der Waals surface area contributed by atoms with E-state index in [9.17, 15) is 18.0 Å². The van der Waals surface area contributed by atoms with Crippen LogP contribution in [-0.4, -0.2) is 57.7 Å². The topological polar surface area (TPSA) is 59.7 Å². The number of hydrogen-bond acceptors (Lipinski definition) is 6. The van der Waals surface area contributed by atoms with Gasteiger partial charge < -0.3 is 9.64 Å². The molecule has 10 heteroatoms. The molecule has 4 heterocycles. The predicted octanol–water partition coefficient (Wildman–Crippen LogP) is 5.91. The molecule has 1 saturated carbocycles. The number of hydrogen-bond donors (Lipinski definition) is 0. The third-order valence-electron chi connectivity index (χ3n) is 7.66. The van der Waals surface area contributed by atoms with Crippen molar-refractivity contribution in [3.63, 3.8) is 0 Å². The van der Waals surface area contributed by atoms with Crippen molar-refractivity contribution >= 4 is 22.6 Å². The number of rotatable bonds is 8. The maximum absolute atomic E-state index is 13.0. The van der Waals surface area contributed by atoms with Gasteiger partial charge in [0.05, 0.1) is 16.9 Å². The van der Waals surface area contributed by atoms with Crippen LogP contribution in [0.15, 0.2) is 24.4 Å². The van der Waals surface area contributed by atoms with Crippen molar-refractivity contribution in [2.45, 2.75) is 64.5 Å². The fourth-order valence-electron chi connectivity index (χ4n) is 5.65. The molecule has 1 aliphatic heterocycles. The third-order valence-corrected chi connectivity index (χ3v) is 8.73. The van der Waals surface area contributed by atoms with E-state index in [1.165, 1.54) is 11.3 Å². The number of ketones is 1. The highest BCUT2D eigenvalue weighted by atomic mass is 32.1. The average Bonchev–Trinajstić information content (AvgIpc) is 3.39.